The average Bonchev–Trinajstić information content (AvgIpc) is 2.84. The van der Waals surface area contributed by atoms with E-state index in [4.69, 9.17) is 0 Å². The lowest BCUT2D eigenvalue weighted by Gasteiger charge is -2.16. The van der Waals surface area contributed by atoms with Gasteiger partial charge in [-0.05, 0) is 60.5 Å². The van der Waals surface area contributed by atoms with E-state index < -0.39 is 0 Å². The fraction of sp³-hybridized carbons (Fsp3) is 0.294. The summed E-state index contributed by atoms with van der Waals surface area (Å²) in [5, 5.41) is 10.6. The van der Waals surface area contributed by atoms with Crippen molar-refractivity contribution < 1.29 is 5.11 Å². The molecule has 1 unspecified atom stereocenters. The van der Waals surface area contributed by atoms with Gasteiger partial charge in [0.05, 0.1) is 0 Å². The molecule has 0 bridgehead atoms. The van der Waals surface area contributed by atoms with Crippen LogP contribution in [0.15, 0.2) is 35.2 Å². The molecule has 0 saturated carbocycles. The van der Waals surface area contributed by atoms with Crippen molar-refractivity contribution in [2.24, 2.45) is 0 Å². The number of thioether (sulfide) groups is 1. The quantitative estimate of drug-likeness (QED) is 0.854. The van der Waals surface area contributed by atoms with Crippen molar-refractivity contribution in [1.82, 2.24) is 0 Å². The topological polar surface area (TPSA) is 20.2 Å². The highest BCUT2D eigenvalue weighted by Gasteiger charge is 2.23. The summed E-state index contributed by atoms with van der Waals surface area (Å²) in [7, 11) is 1.99. The van der Waals surface area contributed by atoms with Crippen molar-refractivity contribution >= 4 is 25.1 Å². The predicted molar refractivity (Wildman–Crippen MR) is 89.3 cm³/mol. The highest BCUT2D eigenvalue weighted by atomic mass is 32.2. The van der Waals surface area contributed by atoms with Gasteiger partial charge in [-0.25, -0.2) is 0 Å². The molecule has 0 amide bonds. The molecule has 2 aromatic rings. The van der Waals surface area contributed by atoms with Crippen LogP contribution in [0.3, 0.4) is 0 Å². The first-order valence-electron chi connectivity index (χ1n) is 7.09. The minimum atomic E-state index is 0.452. The second-order valence-electron chi connectivity index (χ2n) is 5.71. The molecular formula is C17H19BOS. The number of benzene rings is 2. The fourth-order valence-electron chi connectivity index (χ4n) is 2.98. The fourth-order valence-corrected chi connectivity index (χ4v) is 4.32. The van der Waals surface area contributed by atoms with Crippen LogP contribution in [0.25, 0.3) is 0 Å². The van der Waals surface area contributed by atoms with Crippen LogP contribution in [0.4, 0.5) is 0 Å². The van der Waals surface area contributed by atoms with Gasteiger partial charge in [-0.1, -0.05) is 24.3 Å². The van der Waals surface area contributed by atoms with Crippen molar-refractivity contribution in [2.45, 2.75) is 36.8 Å². The van der Waals surface area contributed by atoms with Gasteiger partial charge in [0.25, 0.3) is 0 Å². The van der Waals surface area contributed by atoms with Crippen LogP contribution in [0, 0.1) is 13.8 Å². The van der Waals surface area contributed by atoms with E-state index >= 15 is 0 Å². The molecule has 0 aromatic heterocycles. The Hall–Kier alpha value is -1.35. The van der Waals surface area contributed by atoms with Gasteiger partial charge in [-0.3, -0.25) is 0 Å². The van der Waals surface area contributed by atoms with Gasteiger partial charge < -0.3 is 5.11 Å². The lowest BCUT2D eigenvalue weighted by molar-refractivity contribution is 0.474. The van der Waals surface area contributed by atoms with Crippen molar-refractivity contribution in [3.8, 4) is 5.75 Å². The molecule has 1 aliphatic heterocycles. The van der Waals surface area contributed by atoms with Gasteiger partial charge in [0.15, 0.2) is 0 Å². The Morgan fingerprint density at radius 1 is 1.25 bits per heavy atom. The third-order valence-corrected chi connectivity index (χ3v) is 5.64. The lowest BCUT2D eigenvalue weighted by atomic mass is 9.86. The van der Waals surface area contributed by atoms with Crippen molar-refractivity contribution in [3.63, 3.8) is 0 Å². The molecule has 1 aliphatic rings. The summed E-state index contributed by atoms with van der Waals surface area (Å²) in [6.45, 7) is 4.13. The Labute approximate surface area is 125 Å². The molecule has 1 heterocycles. The highest BCUT2D eigenvalue weighted by molar-refractivity contribution is 8.00. The van der Waals surface area contributed by atoms with Gasteiger partial charge in [-0.15, -0.1) is 11.8 Å². The first kappa shape index (κ1) is 13.6. The van der Waals surface area contributed by atoms with Crippen LogP contribution in [0.1, 0.15) is 22.3 Å². The molecule has 0 saturated heterocycles. The summed E-state index contributed by atoms with van der Waals surface area (Å²) in [5.74, 6) is 0.452. The Balaban J connectivity index is 1.84. The van der Waals surface area contributed by atoms with E-state index in [1.54, 1.807) is 0 Å². The van der Waals surface area contributed by atoms with Gasteiger partial charge in [0, 0.05) is 10.1 Å². The van der Waals surface area contributed by atoms with E-state index in [-0.39, 0.29) is 0 Å². The number of fused-ring (bicyclic) bond motifs is 1. The Morgan fingerprint density at radius 3 is 2.75 bits per heavy atom. The Morgan fingerprint density at radius 2 is 2.00 bits per heavy atom. The van der Waals surface area contributed by atoms with E-state index in [0.29, 0.717) is 11.0 Å². The van der Waals surface area contributed by atoms with Crippen LogP contribution in [-0.2, 0) is 12.8 Å². The first-order chi connectivity index (χ1) is 9.56. The van der Waals surface area contributed by atoms with Crippen LogP contribution in [-0.4, -0.2) is 18.2 Å². The Bertz CT molecular complexity index is 641. The summed E-state index contributed by atoms with van der Waals surface area (Å²) < 4.78 is 0. The largest absolute Gasteiger partial charge is 0.508 e. The number of hydrogen-bond acceptors (Lipinski definition) is 2. The number of rotatable bonds is 2. The van der Waals surface area contributed by atoms with E-state index in [1.165, 1.54) is 21.6 Å². The van der Waals surface area contributed by atoms with E-state index in [1.807, 2.05) is 26.5 Å². The van der Waals surface area contributed by atoms with Crippen LogP contribution < -0.4 is 5.46 Å². The zero-order chi connectivity index (χ0) is 14.3. The maximum absolute atomic E-state index is 10.0. The molecule has 0 aliphatic carbocycles. The van der Waals surface area contributed by atoms with Crippen LogP contribution >= 0.6 is 11.8 Å². The molecule has 20 heavy (non-hydrogen) atoms. The molecular weight excluding hydrogens is 263 g/mol. The first-order valence-corrected chi connectivity index (χ1v) is 7.97. The monoisotopic (exact) mass is 282 g/mol. The zero-order valence-corrected chi connectivity index (χ0v) is 13.1. The molecule has 0 spiro atoms. The van der Waals surface area contributed by atoms with Crippen LogP contribution in [0.5, 0.6) is 5.75 Å². The number of phenols is 1. The standard InChI is InChI=1S/C17H19BOS/c1-10-11(2)17(19)15(18)9-13(10)8-14-7-12-5-3-4-6-16(12)20-14/h3-6,9,14,19H,7-8,18H2,1-2H3. The summed E-state index contributed by atoms with van der Waals surface area (Å²) in [6.07, 6.45) is 2.23. The molecule has 3 heteroatoms. The zero-order valence-electron chi connectivity index (χ0n) is 12.2. The third-order valence-electron chi connectivity index (χ3n) is 4.33. The van der Waals surface area contributed by atoms with Gasteiger partial charge in [0.2, 0.25) is 0 Å². The minimum Gasteiger partial charge on any atom is -0.508 e. The molecule has 1 atom stereocenters. The minimum absolute atomic E-state index is 0.452. The van der Waals surface area contributed by atoms with Crippen molar-refractivity contribution in [2.75, 3.05) is 0 Å². The molecule has 2 aromatic carbocycles. The third kappa shape index (κ3) is 2.35. The lowest BCUT2D eigenvalue weighted by Crippen LogP contribution is -2.13. The SMILES string of the molecule is Bc1cc(CC2Cc3ccccc3S2)c(C)c(C)c1O. The molecule has 1 N–H and O–H groups in total. The van der Waals surface area contributed by atoms with Crippen molar-refractivity contribution in [1.29, 1.82) is 0 Å². The van der Waals surface area contributed by atoms with Crippen molar-refractivity contribution in [3.05, 3.63) is 52.6 Å². The summed E-state index contributed by atoms with van der Waals surface area (Å²) >= 11 is 1.99. The molecule has 3 rings (SSSR count). The number of phenolic OH excluding ortho intramolecular Hbond substituents is 1. The summed E-state index contributed by atoms with van der Waals surface area (Å²) in [6, 6.07) is 10.9. The second kappa shape index (κ2) is 5.21. The maximum atomic E-state index is 10.0. The summed E-state index contributed by atoms with van der Waals surface area (Å²) in [5.41, 5.74) is 6.12. The van der Waals surface area contributed by atoms with E-state index in [9.17, 15) is 5.11 Å². The second-order valence-corrected chi connectivity index (χ2v) is 7.05. The molecule has 1 nitrogen and oxygen atoms in total. The van der Waals surface area contributed by atoms with E-state index in [2.05, 4.69) is 37.3 Å². The molecule has 102 valence electrons. The highest BCUT2D eigenvalue weighted by Crippen LogP contribution is 2.38. The van der Waals surface area contributed by atoms with E-state index in [0.717, 1.165) is 23.9 Å². The summed E-state index contributed by atoms with van der Waals surface area (Å²) in [4.78, 5) is 1.43. The number of hydrogen-bond donors (Lipinski definition) is 1. The number of aromatic hydroxyl groups is 1. The smallest absolute Gasteiger partial charge is 0.144 e. The average molecular weight is 282 g/mol. The molecule has 0 fully saturated rings. The van der Waals surface area contributed by atoms with Gasteiger partial charge >= 0.3 is 0 Å². The normalized spacial score (nSPS) is 17.2. The van der Waals surface area contributed by atoms with Gasteiger partial charge in [-0.2, -0.15) is 0 Å². The Kier molecular flexibility index (Phi) is 3.55. The predicted octanol–water partition coefficient (Wildman–Crippen LogP) is 2.53. The molecule has 0 radical (unpaired) electrons. The van der Waals surface area contributed by atoms with Gasteiger partial charge in [0.1, 0.15) is 13.6 Å². The maximum Gasteiger partial charge on any atom is 0.144 e. The van der Waals surface area contributed by atoms with Crippen LogP contribution in [0.2, 0.25) is 0 Å².